The van der Waals surface area contributed by atoms with Gasteiger partial charge in [0.1, 0.15) is 6.23 Å². The molecule has 0 spiro atoms. The number of carbonyl (C=O) groups excluding carboxylic acids is 1. The summed E-state index contributed by atoms with van der Waals surface area (Å²) in [5.41, 5.74) is 4.69. The third-order valence-electron chi connectivity index (χ3n) is 4.62. The van der Waals surface area contributed by atoms with Crippen molar-refractivity contribution in [1.29, 1.82) is 0 Å². The van der Waals surface area contributed by atoms with Crippen molar-refractivity contribution in [2.75, 3.05) is 5.75 Å². The summed E-state index contributed by atoms with van der Waals surface area (Å²) in [6.45, 7) is 6.98. The number of amides is 1. The van der Waals surface area contributed by atoms with Crippen LogP contribution in [-0.4, -0.2) is 51.7 Å². The summed E-state index contributed by atoms with van der Waals surface area (Å²) in [6, 6.07) is -0.0715. The van der Waals surface area contributed by atoms with Crippen LogP contribution < -0.4 is 11.1 Å². The summed E-state index contributed by atoms with van der Waals surface area (Å²) in [7, 11) is -3.71. The van der Waals surface area contributed by atoms with Gasteiger partial charge in [-0.25, -0.2) is 4.98 Å². The zero-order valence-electron chi connectivity index (χ0n) is 16.4. The minimum absolute atomic E-state index is 0.0715. The van der Waals surface area contributed by atoms with Crippen molar-refractivity contribution in [3.63, 3.8) is 0 Å². The van der Waals surface area contributed by atoms with E-state index in [0.29, 0.717) is 19.3 Å². The van der Waals surface area contributed by atoms with E-state index in [1.54, 1.807) is 33.3 Å². The molecule has 1 aromatic heterocycles. The minimum atomic E-state index is -3.71. The number of aromatic nitrogens is 2. The van der Waals surface area contributed by atoms with Crippen LogP contribution in [0, 0.1) is 11.8 Å². The van der Waals surface area contributed by atoms with Gasteiger partial charge in [-0.2, -0.15) is 0 Å². The highest BCUT2D eigenvalue weighted by Gasteiger charge is 2.31. The number of aliphatic hydroxyl groups excluding tert-OH is 1. The van der Waals surface area contributed by atoms with Gasteiger partial charge in [0.25, 0.3) is 0 Å². The lowest BCUT2D eigenvalue weighted by atomic mass is 9.89. The number of carbonyl (C=O) groups is 1. The molecule has 1 amide bonds. The van der Waals surface area contributed by atoms with Gasteiger partial charge in [0.2, 0.25) is 5.91 Å². The van der Waals surface area contributed by atoms with Crippen LogP contribution in [0.5, 0.6) is 0 Å². The number of nitrogens with two attached hydrogens (primary N) is 1. The Morgan fingerprint density at radius 3 is 2.41 bits per heavy atom. The molecular weight excluding hydrogens is 372 g/mol. The van der Waals surface area contributed by atoms with Crippen molar-refractivity contribution < 1.29 is 23.6 Å². The van der Waals surface area contributed by atoms with Crippen molar-refractivity contribution in [2.24, 2.45) is 17.6 Å². The Labute approximate surface area is 162 Å². The molecule has 1 aromatic rings. The third-order valence-corrected chi connectivity index (χ3v) is 5.73. The fourth-order valence-corrected chi connectivity index (χ4v) is 4.25. The van der Waals surface area contributed by atoms with Gasteiger partial charge in [0, 0.05) is 29.9 Å². The molecule has 0 fully saturated rings. The number of hydrogen-bond acceptors (Lipinski definition) is 7. The van der Waals surface area contributed by atoms with Crippen molar-refractivity contribution in [3.8, 4) is 0 Å². The largest absolute Gasteiger partial charge is 0.379 e. The molecule has 0 aromatic carbocycles. The van der Waals surface area contributed by atoms with Crippen molar-refractivity contribution in [2.45, 2.75) is 64.8 Å². The Morgan fingerprint density at radius 1 is 1.33 bits per heavy atom. The van der Waals surface area contributed by atoms with Gasteiger partial charge in [-0.3, -0.25) is 4.79 Å². The second kappa shape index (κ2) is 9.85. The van der Waals surface area contributed by atoms with E-state index < -0.39 is 22.6 Å². The van der Waals surface area contributed by atoms with Gasteiger partial charge >= 0.3 is 0 Å². The van der Waals surface area contributed by atoms with Crippen molar-refractivity contribution in [1.82, 2.24) is 14.9 Å². The van der Waals surface area contributed by atoms with E-state index in [-0.39, 0.29) is 29.5 Å². The van der Waals surface area contributed by atoms with Crippen LogP contribution in [0.2, 0.25) is 0 Å². The predicted octanol–water partition coefficient (Wildman–Crippen LogP) is 2.26. The highest BCUT2D eigenvalue weighted by molar-refractivity contribution is 8.19. The first kappa shape index (κ1) is 23.9. The minimum Gasteiger partial charge on any atom is -0.379 e. The Kier molecular flexibility index (Phi) is 8.71. The first-order valence-corrected chi connectivity index (χ1v) is 10.7. The summed E-state index contributed by atoms with van der Waals surface area (Å²) < 4.78 is 29.7. The molecule has 1 rings (SSSR count). The lowest BCUT2D eigenvalue weighted by Gasteiger charge is -2.34. The van der Waals surface area contributed by atoms with Crippen molar-refractivity contribution >= 4 is 16.8 Å². The highest BCUT2D eigenvalue weighted by atomic mass is 32.3. The van der Waals surface area contributed by atoms with Crippen LogP contribution in [0.1, 0.15) is 53.0 Å². The fourth-order valence-electron chi connectivity index (χ4n) is 3.21. The molecule has 9 nitrogen and oxygen atoms in total. The number of nitrogens with one attached hydrogen (secondary N) is 1. The topological polar surface area (TPSA) is 154 Å². The second-order valence-electron chi connectivity index (χ2n) is 7.84. The fraction of sp³-hybridized carbons (Fsp3) is 0.765. The lowest BCUT2D eigenvalue weighted by molar-refractivity contribution is -0.126. The van der Waals surface area contributed by atoms with Crippen molar-refractivity contribution in [3.05, 3.63) is 18.7 Å². The molecule has 0 aliphatic heterocycles. The quantitative estimate of drug-likeness (QED) is 0.308. The average molecular weight is 407 g/mol. The summed E-state index contributed by atoms with van der Waals surface area (Å²) in [4.78, 5) is 16.7. The zero-order chi connectivity index (χ0) is 20.8. The SMILES string of the molecule is CCC(CC(CC(C)C(=O)NC(C)(C)CS(O)(O)O)n1ccnc1)C(N)O. The van der Waals surface area contributed by atoms with Gasteiger partial charge in [-0.05, 0) is 39.0 Å². The van der Waals surface area contributed by atoms with Gasteiger partial charge in [-0.15, -0.1) is 0 Å². The van der Waals surface area contributed by atoms with E-state index in [1.165, 1.54) is 0 Å². The summed E-state index contributed by atoms with van der Waals surface area (Å²) in [5.74, 6) is -1.09. The molecule has 0 saturated heterocycles. The number of imidazole rings is 1. The second-order valence-corrected chi connectivity index (χ2v) is 9.40. The first-order chi connectivity index (χ1) is 12.3. The molecule has 4 unspecified atom stereocenters. The predicted molar refractivity (Wildman–Crippen MR) is 106 cm³/mol. The lowest BCUT2D eigenvalue weighted by Crippen LogP contribution is -2.49. The number of nitrogens with zero attached hydrogens (tertiary/aromatic N) is 2. The Balaban J connectivity index is 2.81. The summed E-state index contributed by atoms with van der Waals surface area (Å²) in [6.07, 6.45) is 6.03. The average Bonchev–Trinajstić information content (AvgIpc) is 3.01. The van der Waals surface area contributed by atoms with E-state index in [0.717, 1.165) is 0 Å². The maximum Gasteiger partial charge on any atom is 0.223 e. The van der Waals surface area contributed by atoms with E-state index in [9.17, 15) is 23.6 Å². The van der Waals surface area contributed by atoms with Crippen LogP contribution in [-0.2, 0) is 4.79 Å². The van der Waals surface area contributed by atoms with Crippen LogP contribution in [0.3, 0.4) is 0 Å². The summed E-state index contributed by atoms with van der Waals surface area (Å²) >= 11 is 0. The molecule has 0 saturated carbocycles. The molecule has 0 aliphatic rings. The number of aliphatic hydroxyl groups is 1. The Hall–Kier alpha value is -1.17. The van der Waals surface area contributed by atoms with E-state index >= 15 is 0 Å². The summed E-state index contributed by atoms with van der Waals surface area (Å²) in [5, 5.41) is 12.5. The maximum atomic E-state index is 12.6. The van der Waals surface area contributed by atoms with Gasteiger partial charge in [0.15, 0.2) is 0 Å². The van der Waals surface area contributed by atoms with Gasteiger partial charge in [-0.1, -0.05) is 13.8 Å². The molecule has 10 heteroatoms. The van der Waals surface area contributed by atoms with E-state index in [2.05, 4.69) is 10.3 Å². The monoisotopic (exact) mass is 406 g/mol. The highest BCUT2D eigenvalue weighted by Crippen LogP contribution is 2.36. The number of rotatable bonds is 11. The molecule has 158 valence electrons. The Morgan fingerprint density at radius 2 is 1.96 bits per heavy atom. The maximum absolute atomic E-state index is 12.6. The molecule has 0 aliphatic carbocycles. The number of hydrogen-bond donors (Lipinski definition) is 6. The van der Waals surface area contributed by atoms with E-state index in [1.807, 2.05) is 17.7 Å². The zero-order valence-corrected chi connectivity index (χ0v) is 17.3. The third kappa shape index (κ3) is 8.58. The molecule has 0 bridgehead atoms. The molecular formula is C17H34N4O5S. The molecule has 0 radical (unpaired) electrons. The van der Waals surface area contributed by atoms with Crippen LogP contribution >= 0.6 is 10.9 Å². The normalized spacial score (nSPS) is 17.8. The van der Waals surface area contributed by atoms with Crippen LogP contribution in [0.4, 0.5) is 0 Å². The van der Waals surface area contributed by atoms with Gasteiger partial charge in [0.05, 0.1) is 23.0 Å². The van der Waals surface area contributed by atoms with E-state index in [4.69, 9.17) is 5.73 Å². The standard InChI is InChI=1S/C17H34N4O5S/c1-5-13(15(18)22)9-14(21-7-6-19-11-21)8-12(2)16(23)20-17(3,4)10-27(24,25)26/h6-7,11-15,22,24-26H,5,8-10,18H2,1-4H3,(H,20,23). The van der Waals surface area contributed by atoms with Gasteiger partial charge < -0.3 is 34.4 Å². The van der Waals surface area contributed by atoms with Crippen LogP contribution in [0.15, 0.2) is 18.7 Å². The first-order valence-electron chi connectivity index (χ1n) is 9.06. The molecule has 7 N–H and O–H groups in total. The van der Waals surface area contributed by atoms with Crippen LogP contribution in [0.25, 0.3) is 0 Å². The smallest absolute Gasteiger partial charge is 0.223 e. The molecule has 27 heavy (non-hydrogen) atoms. The molecule has 4 atom stereocenters. The molecule has 1 heterocycles. The Bertz CT molecular complexity index is 574.